The number of rotatable bonds is 5. The van der Waals surface area contributed by atoms with Crippen LogP contribution in [0.3, 0.4) is 0 Å². The first-order valence-corrected chi connectivity index (χ1v) is 6.79. The summed E-state index contributed by atoms with van der Waals surface area (Å²) in [5.41, 5.74) is 2.27. The van der Waals surface area contributed by atoms with Crippen molar-refractivity contribution < 1.29 is 9.84 Å². The molecule has 0 amide bonds. The van der Waals surface area contributed by atoms with E-state index in [0.29, 0.717) is 16.8 Å². The number of aromatic hydroxyl groups is 1. The minimum atomic E-state index is 0.299. The molecule has 0 aromatic heterocycles. The van der Waals surface area contributed by atoms with Gasteiger partial charge < -0.3 is 9.84 Å². The van der Waals surface area contributed by atoms with Gasteiger partial charge in [0.25, 0.3) is 0 Å². The molecule has 0 aliphatic heterocycles. The fourth-order valence-electron chi connectivity index (χ4n) is 2.10. The second-order valence-corrected chi connectivity index (χ2v) is 5.59. The Kier molecular flexibility index (Phi) is 4.30. The quantitative estimate of drug-likeness (QED) is 0.846. The first-order valence-electron chi connectivity index (χ1n) is 6.79. The summed E-state index contributed by atoms with van der Waals surface area (Å²) in [5, 5.41) is 9.57. The van der Waals surface area contributed by atoms with Gasteiger partial charge in [-0.1, -0.05) is 18.2 Å². The van der Waals surface area contributed by atoms with Crippen LogP contribution in [0.4, 0.5) is 5.69 Å². The van der Waals surface area contributed by atoms with Crippen molar-refractivity contribution in [3.05, 3.63) is 54.1 Å². The zero-order valence-corrected chi connectivity index (χ0v) is 12.3. The monoisotopic (exact) mass is 272 g/mol. The van der Waals surface area contributed by atoms with Gasteiger partial charge in [-0.25, -0.2) is 0 Å². The molecule has 0 radical (unpaired) electrons. The zero-order chi connectivity index (χ0) is 14.6. The predicted octanol–water partition coefficient (Wildman–Crippen LogP) is 3.35. The van der Waals surface area contributed by atoms with E-state index >= 15 is 0 Å². The molecule has 0 saturated carbocycles. The normalized spacial score (nSPS) is 11.3. The lowest BCUT2D eigenvalue weighted by molar-refractivity contribution is 0.260. The second-order valence-electron chi connectivity index (χ2n) is 5.59. The van der Waals surface area contributed by atoms with Gasteiger partial charge in [0.15, 0.2) is 0 Å². The first kappa shape index (κ1) is 14.4. The lowest BCUT2D eigenvalue weighted by Crippen LogP contribution is -2.43. The third-order valence-electron chi connectivity index (χ3n) is 3.44. The van der Waals surface area contributed by atoms with E-state index in [1.54, 1.807) is 12.1 Å². The highest BCUT2D eigenvalue weighted by atomic mass is 16.5. The van der Waals surface area contributed by atoms with Crippen LogP contribution in [-0.4, -0.2) is 32.4 Å². The van der Waals surface area contributed by atoms with Crippen LogP contribution >= 0.6 is 0 Å². The van der Waals surface area contributed by atoms with Crippen LogP contribution in [0.5, 0.6) is 11.5 Å². The Hall–Kier alpha value is -2.00. The number of likely N-dealkylation sites (N-methyl/N-ethyl adjacent to an activating group) is 1. The van der Waals surface area contributed by atoms with Gasteiger partial charge in [-0.15, -0.1) is 0 Å². The van der Waals surface area contributed by atoms with Crippen molar-refractivity contribution in [2.24, 2.45) is 0 Å². The lowest BCUT2D eigenvalue weighted by atomic mass is 10.2. The number of hydrogen-bond donors (Lipinski definition) is 1. The molecule has 3 nitrogen and oxygen atoms in total. The van der Waals surface area contributed by atoms with E-state index in [4.69, 9.17) is 4.74 Å². The number of ether oxygens (including phenoxy) is 1. The lowest BCUT2D eigenvalue weighted by Gasteiger charge is -2.29. The highest BCUT2D eigenvalue weighted by Crippen LogP contribution is 2.23. The summed E-state index contributed by atoms with van der Waals surface area (Å²) in [5.74, 6) is 1.20. The Morgan fingerprint density at radius 2 is 1.80 bits per heavy atom. The van der Waals surface area contributed by atoms with E-state index in [1.807, 2.05) is 30.3 Å². The average molecular weight is 272 g/mol. The summed E-state index contributed by atoms with van der Waals surface area (Å²) in [6, 6.07) is 15.4. The van der Waals surface area contributed by atoms with Crippen molar-refractivity contribution in [1.29, 1.82) is 0 Å². The molecular weight excluding hydrogens is 250 g/mol. The molecular formula is C17H22NO2+. The molecule has 2 rings (SSSR count). The van der Waals surface area contributed by atoms with Crippen LogP contribution in [0.1, 0.15) is 5.56 Å². The highest BCUT2D eigenvalue weighted by Gasteiger charge is 2.19. The summed E-state index contributed by atoms with van der Waals surface area (Å²) >= 11 is 0. The average Bonchev–Trinajstić information content (AvgIpc) is 2.38. The van der Waals surface area contributed by atoms with E-state index < -0.39 is 0 Å². The van der Waals surface area contributed by atoms with Crippen LogP contribution in [0.15, 0.2) is 48.5 Å². The topological polar surface area (TPSA) is 29.5 Å². The Balaban J connectivity index is 1.96. The van der Waals surface area contributed by atoms with Gasteiger partial charge in [0.05, 0.1) is 14.1 Å². The number of hydrogen-bond acceptors (Lipinski definition) is 2. The molecule has 2 aromatic carbocycles. The van der Waals surface area contributed by atoms with Crippen LogP contribution in [0.25, 0.3) is 0 Å². The standard InChI is InChI=1S/C17H21NO2/c1-14-6-4-9-17(12-14)20-11-10-18(2,3)15-7-5-8-16(19)13-15/h4-9,12-13H,10-11H2,1-3H3/p+1. The van der Waals surface area contributed by atoms with Crippen LogP contribution < -0.4 is 9.22 Å². The van der Waals surface area contributed by atoms with Crippen LogP contribution in [0.2, 0.25) is 0 Å². The molecule has 2 aromatic rings. The third kappa shape index (κ3) is 3.75. The first-order chi connectivity index (χ1) is 9.47. The summed E-state index contributed by atoms with van der Waals surface area (Å²) < 4.78 is 6.46. The molecule has 20 heavy (non-hydrogen) atoms. The minimum Gasteiger partial charge on any atom is -0.508 e. The largest absolute Gasteiger partial charge is 0.508 e. The van der Waals surface area contributed by atoms with Gasteiger partial charge in [0, 0.05) is 6.07 Å². The van der Waals surface area contributed by atoms with Gasteiger partial charge in [-0.05, 0) is 36.8 Å². The smallest absolute Gasteiger partial charge is 0.137 e. The molecule has 0 heterocycles. The summed E-state index contributed by atoms with van der Waals surface area (Å²) in [4.78, 5) is 0. The molecule has 0 spiro atoms. The summed E-state index contributed by atoms with van der Waals surface area (Å²) in [6.45, 7) is 3.52. The van der Waals surface area contributed by atoms with Gasteiger partial charge >= 0.3 is 0 Å². The minimum absolute atomic E-state index is 0.299. The molecule has 1 N–H and O–H groups in total. The molecule has 0 bridgehead atoms. The van der Waals surface area contributed by atoms with Gasteiger partial charge in [-0.3, -0.25) is 4.48 Å². The van der Waals surface area contributed by atoms with E-state index in [0.717, 1.165) is 18.0 Å². The van der Waals surface area contributed by atoms with Crippen LogP contribution in [0, 0.1) is 6.92 Å². The van der Waals surface area contributed by atoms with E-state index in [-0.39, 0.29) is 0 Å². The number of nitrogens with zero attached hydrogens (tertiary/aromatic N) is 1. The fourth-order valence-corrected chi connectivity index (χ4v) is 2.10. The number of benzene rings is 2. The van der Waals surface area contributed by atoms with Crippen LogP contribution in [-0.2, 0) is 0 Å². The molecule has 0 aliphatic rings. The second kappa shape index (κ2) is 5.97. The maximum absolute atomic E-state index is 9.57. The molecule has 0 aliphatic carbocycles. The molecule has 3 heteroatoms. The van der Waals surface area contributed by atoms with E-state index in [9.17, 15) is 5.11 Å². The number of phenols is 1. The third-order valence-corrected chi connectivity index (χ3v) is 3.44. The van der Waals surface area contributed by atoms with E-state index in [2.05, 4.69) is 27.1 Å². The van der Waals surface area contributed by atoms with Crippen molar-refractivity contribution in [2.75, 3.05) is 27.2 Å². The predicted molar refractivity (Wildman–Crippen MR) is 83.3 cm³/mol. The SMILES string of the molecule is Cc1cccc(OCC[N+](C)(C)c2cccc(O)c2)c1. The van der Waals surface area contributed by atoms with Gasteiger partial charge in [0.1, 0.15) is 30.3 Å². The number of phenolic OH excluding ortho intramolecular Hbond substituents is 1. The Morgan fingerprint density at radius 1 is 1.05 bits per heavy atom. The van der Waals surface area contributed by atoms with Crippen molar-refractivity contribution in [3.8, 4) is 11.5 Å². The Labute approximate surface area is 120 Å². The molecule has 0 atom stereocenters. The fraction of sp³-hybridized carbons (Fsp3) is 0.294. The number of aryl methyl sites for hydroxylation is 1. The zero-order valence-electron chi connectivity index (χ0n) is 12.3. The molecule has 0 saturated heterocycles. The molecule has 106 valence electrons. The van der Waals surface area contributed by atoms with E-state index in [1.165, 1.54) is 5.56 Å². The molecule has 0 fully saturated rings. The molecule has 0 unspecified atom stereocenters. The summed E-state index contributed by atoms with van der Waals surface area (Å²) in [6.07, 6.45) is 0. The van der Waals surface area contributed by atoms with Crippen molar-refractivity contribution in [1.82, 2.24) is 4.48 Å². The maximum atomic E-state index is 9.57. The van der Waals surface area contributed by atoms with Crippen molar-refractivity contribution in [2.45, 2.75) is 6.92 Å². The van der Waals surface area contributed by atoms with Crippen molar-refractivity contribution >= 4 is 5.69 Å². The van der Waals surface area contributed by atoms with Crippen molar-refractivity contribution in [3.63, 3.8) is 0 Å². The summed E-state index contributed by atoms with van der Waals surface area (Å²) in [7, 11) is 4.21. The van der Waals surface area contributed by atoms with Gasteiger partial charge in [0.2, 0.25) is 0 Å². The highest BCUT2D eigenvalue weighted by molar-refractivity contribution is 5.46. The maximum Gasteiger partial charge on any atom is 0.137 e. The Bertz CT molecular complexity index is 579. The van der Waals surface area contributed by atoms with Gasteiger partial charge in [-0.2, -0.15) is 0 Å². The number of quaternary nitrogens is 1. The Morgan fingerprint density at radius 3 is 2.50 bits per heavy atom.